The van der Waals surface area contributed by atoms with Gasteiger partial charge in [-0.25, -0.2) is 4.79 Å². The highest BCUT2D eigenvalue weighted by Gasteiger charge is 2.27. The summed E-state index contributed by atoms with van der Waals surface area (Å²) in [6, 6.07) is 18.7. The maximum Gasteiger partial charge on any atom is 0.324 e. The van der Waals surface area contributed by atoms with Crippen LogP contribution in [0.15, 0.2) is 65.8 Å². The molecule has 9 nitrogen and oxygen atoms in total. The van der Waals surface area contributed by atoms with Crippen molar-refractivity contribution < 1.29 is 19.1 Å². The Labute approximate surface area is 182 Å². The van der Waals surface area contributed by atoms with E-state index in [9.17, 15) is 14.4 Å². The number of aromatic nitrogens is 3. The van der Waals surface area contributed by atoms with Crippen LogP contribution in [-0.4, -0.2) is 63.0 Å². The Morgan fingerprint density at radius 3 is 2.42 bits per heavy atom. The number of benzene rings is 2. The lowest BCUT2D eigenvalue weighted by atomic mass is 10.2. The van der Waals surface area contributed by atoms with E-state index in [4.69, 9.17) is 4.74 Å². The van der Waals surface area contributed by atoms with Crippen molar-refractivity contribution in [2.45, 2.75) is 5.16 Å². The predicted octanol–water partition coefficient (Wildman–Crippen LogP) is 2.12. The van der Waals surface area contributed by atoms with E-state index < -0.39 is 24.5 Å². The normalized spacial score (nSPS) is 13.2. The summed E-state index contributed by atoms with van der Waals surface area (Å²) in [4.78, 5) is 36.7. The van der Waals surface area contributed by atoms with E-state index in [0.29, 0.717) is 17.5 Å². The molecule has 0 unspecified atom stereocenters. The SMILES string of the molecule is O=C(CSc1nnc(-c2ccccc2)n1-c1ccccc1)OCC(=O)N1CCNC1=O. The second-order valence-corrected chi connectivity index (χ2v) is 7.51. The Bertz CT molecular complexity index is 1090. The average Bonchev–Trinajstić information content (AvgIpc) is 3.43. The topological polar surface area (TPSA) is 106 Å². The second-order valence-electron chi connectivity index (χ2n) is 6.57. The van der Waals surface area contributed by atoms with Crippen LogP contribution < -0.4 is 5.32 Å². The van der Waals surface area contributed by atoms with E-state index in [1.807, 2.05) is 65.2 Å². The summed E-state index contributed by atoms with van der Waals surface area (Å²) < 4.78 is 6.90. The number of imide groups is 1. The third-order valence-electron chi connectivity index (χ3n) is 4.51. The van der Waals surface area contributed by atoms with Crippen LogP contribution >= 0.6 is 11.8 Å². The van der Waals surface area contributed by atoms with Gasteiger partial charge in [0.1, 0.15) is 0 Å². The molecule has 1 aliphatic rings. The van der Waals surface area contributed by atoms with Crippen molar-refractivity contribution in [2.75, 3.05) is 25.4 Å². The summed E-state index contributed by atoms with van der Waals surface area (Å²) in [6.07, 6.45) is 0. The minimum Gasteiger partial charge on any atom is -0.455 e. The lowest BCUT2D eigenvalue weighted by molar-refractivity contribution is -0.148. The zero-order chi connectivity index (χ0) is 21.6. The number of nitrogens with one attached hydrogen (secondary N) is 1. The number of carbonyl (C=O) groups excluding carboxylic acids is 3. The molecule has 1 aromatic heterocycles. The second kappa shape index (κ2) is 9.43. The predicted molar refractivity (Wildman–Crippen MR) is 114 cm³/mol. The summed E-state index contributed by atoms with van der Waals surface area (Å²) in [5.74, 6) is -0.536. The third kappa shape index (κ3) is 4.75. The molecule has 0 radical (unpaired) electrons. The molecule has 3 amide bonds. The number of thioether (sulfide) groups is 1. The van der Waals surface area contributed by atoms with Crippen molar-refractivity contribution in [2.24, 2.45) is 0 Å². The molecule has 1 aliphatic heterocycles. The Morgan fingerprint density at radius 2 is 1.74 bits per heavy atom. The van der Waals surface area contributed by atoms with Crippen LogP contribution in [0.5, 0.6) is 0 Å². The smallest absolute Gasteiger partial charge is 0.324 e. The minimum absolute atomic E-state index is 0.0563. The summed E-state index contributed by atoms with van der Waals surface area (Å²) in [6.45, 7) is 0.188. The standard InChI is InChI=1S/C21H19N5O4S/c27-17(25-12-11-22-20(25)29)13-30-18(28)14-31-21-24-23-19(15-7-3-1-4-8-15)26(21)16-9-5-2-6-10-16/h1-10H,11-14H2,(H,22,29). The van der Waals surface area contributed by atoms with Gasteiger partial charge in [-0.1, -0.05) is 60.3 Å². The lowest BCUT2D eigenvalue weighted by Crippen LogP contribution is -2.37. The van der Waals surface area contributed by atoms with E-state index >= 15 is 0 Å². The molecule has 0 aliphatic carbocycles. The number of rotatable bonds is 7. The van der Waals surface area contributed by atoms with Gasteiger partial charge < -0.3 is 10.1 Å². The van der Waals surface area contributed by atoms with Crippen molar-refractivity contribution in [1.82, 2.24) is 25.0 Å². The first-order chi connectivity index (χ1) is 15.1. The van der Waals surface area contributed by atoms with Gasteiger partial charge in [0.2, 0.25) is 0 Å². The highest BCUT2D eigenvalue weighted by molar-refractivity contribution is 7.99. The highest BCUT2D eigenvalue weighted by atomic mass is 32.2. The molecule has 1 saturated heterocycles. The van der Waals surface area contributed by atoms with Crippen LogP contribution in [0.3, 0.4) is 0 Å². The zero-order valence-electron chi connectivity index (χ0n) is 16.4. The molecule has 1 fully saturated rings. The molecule has 31 heavy (non-hydrogen) atoms. The Balaban J connectivity index is 1.45. The molecule has 1 N–H and O–H groups in total. The fourth-order valence-electron chi connectivity index (χ4n) is 3.04. The molecule has 2 aromatic carbocycles. The van der Waals surface area contributed by atoms with Crippen molar-refractivity contribution in [3.05, 3.63) is 60.7 Å². The molecule has 0 atom stereocenters. The highest BCUT2D eigenvalue weighted by Crippen LogP contribution is 2.27. The number of hydrogen-bond acceptors (Lipinski definition) is 7. The van der Waals surface area contributed by atoms with Crippen LogP contribution in [0.2, 0.25) is 0 Å². The first-order valence-electron chi connectivity index (χ1n) is 9.56. The molecule has 4 rings (SSSR count). The van der Waals surface area contributed by atoms with E-state index in [0.717, 1.165) is 27.9 Å². The first-order valence-corrected chi connectivity index (χ1v) is 10.5. The molecule has 2 heterocycles. The number of esters is 1. The molecule has 10 heteroatoms. The maximum absolute atomic E-state index is 12.2. The number of hydrogen-bond donors (Lipinski definition) is 1. The van der Waals surface area contributed by atoms with Crippen molar-refractivity contribution in [1.29, 1.82) is 0 Å². The summed E-state index contributed by atoms with van der Waals surface area (Å²) in [5, 5.41) is 11.6. The molecular formula is C21H19N5O4S. The molecule has 0 spiro atoms. The number of para-hydroxylation sites is 1. The largest absolute Gasteiger partial charge is 0.455 e. The van der Waals surface area contributed by atoms with Gasteiger partial charge in [-0.05, 0) is 12.1 Å². The van der Waals surface area contributed by atoms with Crippen molar-refractivity contribution in [3.8, 4) is 17.1 Å². The third-order valence-corrected chi connectivity index (χ3v) is 5.42. The lowest BCUT2D eigenvalue weighted by Gasteiger charge is -2.12. The van der Waals surface area contributed by atoms with E-state index in [2.05, 4.69) is 15.5 Å². The van der Waals surface area contributed by atoms with Gasteiger partial charge in [0, 0.05) is 24.3 Å². The number of nitrogens with zero attached hydrogens (tertiary/aromatic N) is 4. The van der Waals surface area contributed by atoms with Crippen LogP contribution in [0.25, 0.3) is 17.1 Å². The minimum atomic E-state index is -0.582. The Kier molecular flexibility index (Phi) is 6.27. The summed E-state index contributed by atoms with van der Waals surface area (Å²) in [7, 11) is 0. The van der Waals surface area contributed by atoms with Gasteiger partial charge in [-0.2, -0.15) is 0 Å². The van der Waals surface area contributed by atoms with Crippen molar-refractivity contribution >= 4 is 29.7 Å². The van der Waals surface area contributed by atoms with E-state index in [-0.39, 0.29) is 12.3 Å². The molecule has 0 saturated carbocycles. The van der Waals surface area contributed by atoms with Gasteiger partial charge in [0.05, 0.1) is 5.75 Å². The van der Waals surface area contributed by atoms with Crippen LogP contribution in [-0.2, 0) is 14.3 Å². The number of urea groups is 1. The summed E-state index contributed by atoms with van der Waals surface area (Å²) in [5.41, 5.74) is 1.75. The number of amides is 3. The number of carbonyl (C=O) groups is 3. The van der Waals surface area contributed by atoms with Crippen LogP contribution in [0.1, 0.15) is 0 Å². The fourth-order valence-corrected chi connectivity index (χ4v) is 3.79. The summed E-state index contributed by atoms with van der Waals surface area (Å²) >= 11 is 1.16. The van der Waals surface area contributed by atoms with Crippen LogP contribution in [0, 0.1) is 0 Å². The van der Waals surface area contributed by atoms with Gasteiger partial charge in [-0.15, -0.1) is 10.2 Å². The Morgan fingerprint density at radius 1 is 1.03 bits per heavy atom. The van der Waals surface area contributed by atoms with Gasteiger partial charge in [0.25, 0.3) is 5.91 Å². The quantitative estimate of drug-likeness (QED) is 0.446. The first kappa shape index (κ1) is 20.6. The molecule has 3 aromatic rings. The van der Waals surface area contributed by atoms with Gasteiger partial charge in [-0.3, -0.25) is 19.1 Å². The fraction of sp³-hybridized carbons (Fsp3) is 0.190. The van der Waals surface area contributed by atoms with E-state index in [1.165, 1.54) is 0 Å². The Hall–Kier alpha value is -3.66. The van der Waals surface area contributed by atoms with Gasteiger partial charge in [0.15, 0.2) is 17.6 Å². The van der Waals surface area contributed by atoms with Crippen LogP contribution in [0.4, 0.5) is 4.79 Å². The average molecular weight is 437 g/mol. The van der Waals surface area contributed by atoms with Crippen molar-refractivity contribution in [3.63, 3.8) is 0 Å². The molecular weight excluding hydrogens is 418 g/mol. The monoisotopic (exact) mass is 437 g/mol. The zero-order valence-corrected chi connectivity index (χ0v) is 17.2. The number of ether oxygens (including phenoxy) is 1. The molecule has 158 valence electrons. The van der Waals surface area contributed by atoms with E-state index in [1.54, 1.807) is 0 Å². The molecule has 0 bridgehead atoms. The van der Waals surface area contributed by atoms with Gasteiger partial charge >= 0.3 is 12.0 Å². The maximum atomic E-state index is 12.2.